The van der Waals surface area contributed by atoms with Crippen molar-refractivity contribution >= 4 is 23.4 Å². The lowest BCUT2D eigenvalue weighted by Crippen LogP contribution is -2.48. The highest BCUT2D eigenvalue weighted by Crippen LogP contribution is 2.24. The van der Waals surface area contributed by atoms with E-state index in [9.17, 15) is 4.79 Å². The molecule has 0 saturated carbocycles. The molecular weight excluding hydrogens is 272 g/mol. The van der Waals surface area contributed by atoms with Gasteiger partial charge in [0.2, 0.25) is 5.91 Å². The van der Waals surface area contributed by atoms with E-state index in [4.69, 9.17) is 4.74 Å². The maximum Gasteiger partial charge on any atom is 0.238 e. The van der Waals surface area contributed by atoms with E-state index in [1.54, 1.807) is 11.8 Å². The van der Waals surface area contributed by atoms with Gasteiger partial charge in [-0.2, -0.15) is 0 Å². The molecule has 0 spiro atoms. The zero-order valence-electron chi connectivity index (χ0n) is 12.3. The topological polar surface area (TPSA) is 41.6 Å². The minimum absolute atomic E-state index is 0.0350. The third-order valence-electron chi connectivity index (χ3n) is 3.24. The molecular formula is C15H22N2O2S. The van der Waals surface area contributed by atoms with Gasteiger partial charge in [0.05, 0.1) is 24.4 Å². The summed E-state index contributed by atoms with van der Waals surface area (Å²) in [5.74, 6) is 0.0350. The lowest BCUT2D eigenvalue weighted by Gasteiger charge is -2.34. The maximum atomic E-state index is 12.2. The van der Waals surface area contributed by atoms with Crippen LogP contribution in [0, 0.1) is 0 Å². The molecule has 1 aromatic rings. The Kier molecular flexibility index (Phi) is 5.46. The summed E-state index contributed by atoms with van der Waals surface area (Å²) in [6, 6.07) is 7.87. The molecule has 1 aliphatic rings. The average molecular weight is 294 g/mol. The van der Waals surface area contributed by atoms with Gasteiger partial charge in [0, 0.05) is 18.0 Å². The van der Waals surface area contributed by atoms with Gasteiger partial charge in [-0.25, -0.2) is 0 Å². The summed E-state index contributed by atoms with van der Waals surface area (Å²) in [6.07, 6.45) is 2.38. The number of benzene rings is 1. The minimum Gasteiger partial charge on any atom is -0.373 e. The smallest absolute Gasteiger partial charge is 0.238 e. The monoisotopic (exact) mass is 294 g/mol. The number of ether oxygens (including phenoxy) is 1. The normalized spacial score (nSPS) is 23.6. The first-order chi connectivity index (χ1) is 9.58. The number of hydrogen-bond acceptors (Lipinski definition) is 4. The van der Waals surface area contributed by atoms with E-state index < -0.39 is 0 Å². The van der Waals surface area contributed by atoms with Crippen LogP contribution in [0.25, 0.3) is 0 Å². The van der Waals surface area contributed by atoms with Crippen molar-refractivity contribution in [1.29, 1.82) is 0 Å². The van der Waals surface area contributed by atoms with Crippen LogP contribution in [0.1, 0.15) is 13.8 Å². The van der Waals surface area contributed by atoms with Crippen LogP contribution in [0.2, 0.25) is 0 Å². The number of amides is 1. The summed E-state index contributed by atoms with van der Waals surface area (Å²) in [7, 11) is 0. The van der Waals surface area contributed by atoms with Crippen LogP contribution in [0.3, 0.4) is 0 Å². The standard InChI is InChI=1S/C15H22N2O2S/c1-11-8-17(9-12(2)19-11)10-15(18)16-13-6-4-5-7-14(13)20-3/h4-7,11-12H,8-10H2,1-3H3,(H,16,18)/t11-,12-/m0/s1. The number of hydrogen-bond donors (Lipinski definition) is 1. The summed E-state index contributed by atoms with van der Waals surface area (Å²) in [4.78, 5) is 15.4. The highest BCUT2D eigenvalue weighted by atomic mass is 32.2. The molecule has 1 amide bonds. The molecule has 0 bridgehead atoms. The lowest BCUT2D eigenvalue weighted by atomic mass is 10.2. The summed E-state index contributed by atoms with van der Waals surface area (Å²) in [5.41, 5.74) is 0.888. The number of anilines is 1. The SMILES string of the molecule is CSc1ccccc1NC(=O)CN1C[C@H](C)O[C@@H](C)C1. The van der Waals surface area contributed by atoms with Crippen LogP contribution in [0.4, 0.5) is 5.69 Å². The maximum absolute atomic E-state index is 12.2. The predicted octanol–water partition coefficient (Wildman–Crippen LogP) is 2.46. The fourth-order valence-electron chi connectivity index (χ4n) is 2.55. The Balaban J connectivity index is 1.92. The molecule has 110 valence electrons. The Morgan fingerprint density at radius 3 is 2.65 bits per heavy atom. The van der Waals surface area contributed by atoms with Crippen LogP contribution in [-0.2, 0) is 9.53 Å². The van der Waals surface area contributed by atoms with Crippen LogP contribution in [0.15, 0.2) is 29.2 Å². The molecule has 4 nitrogen and oxygen atoms in total. The largest absolute Gasteiger partial charge is 0.373 e. The van der Waals surface area contributed by atoms with Crippen LogP contribution < -0.4 is 5.32 Å². The van der Waals surface area contributed by atoms with Crippen LogP contribution >= 0.6 is 11.8 Å². The number of nitrogens with zero attached hydrogens (tertiary/aromatic N) is 1. The average Bonchev–Trinajstić information content (AvgIpc) is 2.37. The van der Waals surface area contributed by atoms with Gasteiger partial charge in [-0.05, 0) is 32.2 Å². The van der Waals surface area contributed by atoms with E-state index in [0.29, 0.717) is 6.54 Å². The predicted molar refractivity (Wildman–Crippen MR) is 83.3 cm³/mol. The molecule has 20 heavy (non-hydrogen) atoms. The Bertz CT molecular complexity index is 457. The third-order valence-corrected chi connectivity index (χ3v) is 4.04. The van der Waals surface area contributed by atoms with Crippen molar-refractivity contribution < 1.29 is 9.53 Å². The lowest BCUT2D eigenvalue weighted by molar-refractivity contribution is -0.121. The second-order valence-corrected chi connectivity index (χ2v) is 6.05. The number of nitrogens with one attached hydrogen (secondary N) is 1. The Labute approximate surface area is 124 Å². The molecule has 2 rings (SSSR count). The van der Waals surface area contributed by atoms with Crippen molar-refractivity contribution in [1.82, 2.24) is 4.90 Å². The molecule has 5 heteroatoms. The van der Waals surface area contributed by atoms with Crippen molar-refractivity contribution in [2.45, 2.75) is 31.0 Å². The summed E-state index contributed by atoms with van der Waals surface area (Å²) in [5, 5.41) is 3.00. The van der Waals surface area contributed by atoms with E-state index in [2.05, 4.69) is 10.2 Å². The molecule has 1 saturated heterocycles. The molecule has 1 heterocycles. The van der Waals surface area contributed by atoms with Crippen molar-refractivity contribution in [2.24, 2.45) is 0 Å². The Morgan fingerprint density at radius 1 is 1.35 bits per heavy atom. The molecule has 0 aliphatic carbocycles. The van der Waals surface area contributed by atoms with E-state index in [0.717, 1.165) is 23.7 Å². The van der Waals surface area contributed by atoms with Crippen molar-refractivity contribution in [3.63, 3.8) is 0 Å². The van der Waals surface area contributed by atoms with E-state index >= 15 is 0 Å². The number of carbonyl (C=O) groups is 1. The number of para-hydroxylation sites is 1. The minimum atomic E-state index is 0.0350. The fraction of sp³-hybridized carbons (Fsp3) is 0.533. The fourth-order valence-corrected chi connectivity index (χ4v) is 3.11. The molecule has 0 unspecified atom stereocenters. The van der Waals surface area contributed by atoms with Gasteiger partial charge in [0.1, 0.15) is 0 Å². The quantitative estimate of drug-likeness (QED) is 0.866. The molecule has 1 N–H and O–H groups in total. The first kappa shape index (κ1) is 15.4. The molecule has 0 aromatic heterocycles. The zero-order valence-corrected chi connectivity index (χ0v) is 13.1. The summed E-state index contributed by atoms with van der Waals surface area (Å²) < 4.78 is 5.68. The van der Waals surface area contributed by atoms with E-state index in [1.165, 1.54) is 0 Å². The number of carbonyl (C=O) groups excluding carboxylic acids is 1. The van der Waals surface area contributed by atoms with Crippen LogP contribution in [-0.4, -0.2) is 48.9 Å². The van der Waals surface area contributed by atoms with Gasteiger partial charge in [-0.3, -0.25) is 9.69 Å². The molecule has 0 radical (unpaired) electrons. The Hall–Kier alpha value is -1.04. The van der Waals surface area contributed by atoms with E-state index in [1.807, 2.05) is 44.4 Å². The zero-order chi connectivity index (χ0) is 14.5. The highest BCUT2D eigenvalue weighted by Gasteiger charge is 2.23. The molecule has 1 aliphatic heterocycles. The van der Waals surface area contributed by atoms with Gasteiger partial charge >= 0.3 is 0 Å². The summed E-state index contributed by atoms with van der Waals surface area (Å²) >= 11 is 1.64. The van der Waals surface area contributed by atoms with Crippen molar-refractivity contribution in [3.05, 3.63) is 24.3 Å². The van der Waals surface area contributed by atoms with Gasteiger partial charge in [-0.15, -0.1) is 11.8 Å². The highest BCUT2D eigenvalue weighted by molar-refractivity contribution is 7.98. The number of morpholine rings is 1. The van der Waals surface area contributed by atoms with Crippen LogP contribution in [0.5, 0.6) is 0 Å². The second-order valence-electron chi connectivity index (χ2n) is 5.20. The van der Waals surface area contributed by atoms with Crippen molar-refractivity contribution in [2.75, 3.05) is 31.2 Å². The van der Waals surface area contributed by atoms with Gasteiger partial charge in [-0.1, -0.05) is 12.1 Å². The third kappa shape index (κ3) is 4.23. The van der Waals surface area contributed by atoms with Gasteiger partial charge in [0.25, 0.3) is 0 Å². The Morgan fingerprint density at radius 2 is 2.00 bits per heavy atom. The number of thioether (sulfide) groups is 1. The van der Waals surface area contributed by atoms with Gasteiger partial charge in [0.15, 0.2) is 0 Å². The molecule has 2 atom stereocenters. The first-order valence-corrected chi connectivity index (χ1v) is 8.11. The van der Waals surface area contributed by atoms with E-state index in [-0.39, 0.29) is 18.1 Å². The second kappa shape index (κ2) is 7.11. The van der Waals surface area contributed by atoms with Crippen molar-refractivity contribution in [3.8, 4) is 0 Å². The summed E-state index contributed by atoms with van der Waals surface area (Å²) in [6.45, 7) is 6.12. The number of rotatable bonds is 4. The first-order valence-electron chi connectivity index (χ1n) is 6.89. The van der Waals surface area contributed by atoms with Gasteiger partial charge < -0.3 is 10.1 Å². The molecule has 1 aromatic carbocycles. The molecule has 1 fully saturated rings.